The van der Waals surface area contributed by atoms with E-state index in [-0.39, 0.29) is 5.91 Å². The van der Waals surface area contributed by atoms with Gasteiger partial charge < -0.3 is 4.90 Å². The Hall–Kier alpha value is -2.40. The van der Waals surface area contributed by atoms with Gasteiger partial charge in [0.1, 0.15) is 5.03 Å². The fraction of sp³-hybridized carbons (Fsp3) is 0.250. The summed E-state index contributed by atoms with van der Waals surface area (Å²) in [5.74, 6) is 0.560. The third-order valence-electron chi connectivity index (χ3n) is 4.52. The summed E-state index contributed by atoms with van der Waals surface area (Å²) in [5.41, 5.74) is 5.25. The lowest BCUT2D eigenvalue weighted by atomic mass is 10.00. The van der Waals surface area contributed by atoms with Crippen molar-refractivity contribution in [1.29, 1.82) is 0 Å². The van der Waals surface area contributed by atoms with E-state index in [1.807, 2.05) is 42.2 Å². The summed E-state index contributed by atoms with van der Waals surface area (Å²) in [4.78, 5) is 23.8. The van der Waals surface area contributed by atoms with Crippen molar-refractivity contribution in [3.8, 4) is 0 Å². The molecule has 2 heterocycles. The second-order valence-electron chi connectivity index (χ2n) is 6.23. The van der Waals surface area contributed by atoms with Crippen LogP contribution in [0.4, 0.5) is 0 Å². The minimum Gasteiger partial charge on any atom is -0.337 e. The number of hydrogen-bond acceptors (Lipinski definition) is 4. The molecule has 1 amide bonds. The van der Waals surface area contributed by atoms with Gasteiger partial charge in [-0.15, -0.1) is 0 Å². The molecule has 0 bridgehead atoms. The number of aromatic nitrogens is 2. The molecule has 0 N–H and O–H groups in total. The molecule has 0 aliphatic carbocycles. The zero-order chi connectivity index (χ0) is 17.2. The van der Waals surface area contributed by atoms with Crippen molar-refractivity contribution in [1.82, 2.24) is 14.9 Å². The standard InChI is InChI=1S/C20H19N3OS/c1-14-20(22-18-9-5-4-8-17(18)21-14)25-13-19(24)23-11-10-15-6-2-3-7-16(15)12-23/h2-9H,10-13H2,1H3. The lowest BCUT2D eigenvalue weighted by Crippen LogP contribution is -2.37. The van der Waals surface area contributed by atoms with Crippen LogP contribution in [0, 0.1) is 6.92 Å². The Labute approximate surface area is 151 Å². The quantitative estimate of drug-likeness (QED) is 0.678. The van der Waals surface area contributed by atoms with E-state index in [0.717, 1.165) is 34.7 Å². The third-order valence-corrected chi connectivity index (χ3v) is 5.57. The SMILES string of the molecule is Cc1nc2ccccc2nc1SCC(=O)N1CCc2ccccc2C1. The second-order valence-corrected chi connectivity index (χ2v) is 7.19. The number of fused-ring (bicyclic) bond motifs is 2. The number of nitrogens with zero attached hydrogens (tertiary/aromatic N) is 3. The number of amides is 1. The van der Waals surface area contributed by atoms with Gasteiger partial charge in [-0.2, -0.15) is 0 Å². The summed E-state index contributed by atoms with van der Waals surface area (Å²) in [5, 5.41) is 0.837. The minimum atomic E-state index is 0.161. The van der Waals surface area contributed by atoms with Crippen LogP contribution in [0.25, 0.3) is 11.0 Å². The number of hydrogen-bond donors (Lipinski definition) is 0. The number of para-hydroxylation sites is 2. The molecule has 0 spiro atoms. The summed E-state index contributed by atoms with van der Waals surface area (Å²) < 4.78 is 0. The number of aryl methyl sites for hydroxylation is 1. The zero-order valence-corrected chi connectivity index (χ0v) is 14.9. The zero-order valence-electron chi connectivity index (χ0n) is 14.1. The van der Waals surface area contributed by atoms with Gasteiger partial charge in [0.05, 0.1) is 22.5 Å². The lowest BCUT2D eigenvalue weighted by molar-refractivity contribution is -0.129. The Kier molecular flexibility index (Phi) is 4.40. The van der Waals surface area contributed by atoms with Gasteiger partial charge in [-0.05, 0) is 36.6 Å². The molecule has 1 aromatic heterocycles. The smallest absolute Gasteiger partial charge is 0.233 e. The number of rotatable bonds is 3. The van der Waals surface area contributed by atoms with Crippen molar-refractivity contribution < 1.29 is 4.79 Å². The summed E-state index contributed by atoms with van der Waals surface area (Å²) in [7, 11) is 0. The summed E-state index contributed by atoms with van der Waals surface area (Å²) in [6.45, 7) is 3.44. The predicted molar refractivity (Wildman–Crippen MR) is 101 cm³/mol. The summed E-state index contributed by atoms with van der Waals surface area (Å²) in [6, 6.07) is 16.2. The molecule has 126 valence electrons. The Morgan fingerprint density at radius 3 is 2.52 bits per heavy atom. The first kappa shape index (κ1) is 16.1. The first-order valence-electron chi connectivity index (χ1n) is 8.41. The van der Waals surface area contributed by atoms with E-state index < -0.39 is 0 Å². The van der Waals surface area contributed by atoms with Crippen LogP contribution in [0.3, 0.4) is 0 Å². The van der Waals surface area contributed by atoms with E-state index in [1.54, 1.807) is 0 Å². The highest BCUT2D eigenvalue weighted by Crippen LogP contribution is 2.24. The molecule has 0 radical (unpaired) electrons. The largest absolute Gasteiger partial charge is 0.337 e. The Bertz CT molecular complexity index is 941. The minimum absolute atomic E-state index is 0.161. The van der Waals surface area contributed by atoms with Crippen LogP contribution in [0.2, 0.25) is 0 Å². The van der Waals surface area contributed by atoms with Gasteiger partial charge in [0.2, 0.25) is 5.91 Å². The molecule has 0 fully saturated rings. The summed E-state index contributed by atoms with van der Waals surface area (Å²) >= 11 is 1.48. The van der Waals surface area contributed by atoms with E-state index in [1.165, 1.54) is 22.9 Å². The van der Waals surface area contributed by atoms with Crippen molar-refractivity contribution in [3.63, 3.8) is 0 Å². The molecule has 0 atom stereocenters. The molecule has 1 aliphatic rings. The van der Waals surface area contributed by atoms with E-state index in [0.29, 0.717) is 12.3 Å². The molecule has 1 aliphatic heterocycles. The van der Waals surface area contributed by atoms with Crippen molar-refractivity contribution in [2.75, 3.05) is 12.3 Å². The summed E-state index contributed by atoms with van der Waals surface area (Å²) in [6.07, 6.45) is 0.932. The van der Waals surface area contributed by atoms with Gasteiger partial charge in [0.15, 0.2) is 0 Å². The van der Waals surface area contributed by atoms with Crippen molar-refractivity contribution in [2.24, 2.45) is 0 Å². The Morgan fingerprint density at radius 1 is 1.04 bits per heavy atom. The van der Waals surface area contributed by atoms with Gasteiger partial charge in [-0.3, -0.25) is 4.79 Å². The normalized spacial score (nSPS) is 13.7. The van der Waals surface area contributed by atoms with Gasteiger partial charge in [-0.1, -0.05) is 48.2 Å². The van der Waals surface area contributed by atoms with Crippen LogP contribution >= 0.6 is 11.8 Å². The maximum atomic E-state index is 12.6. The molecule has 0 unspecified atom stereocenters. The molecule has 5 heteroatoms. The second kappa shape index (κ2) is 6.84. The molecule has 2 aromatic carbocycles. The highest BCUT2D eigenvalue weighted by atomic mass is 32.2. The van der Waals surface area contributed by atoms with Crippen LogP contribution in [0.1, 0.15) is 16.8 Å². The fourth-order valence-electron chi connectivity index (χ4n) is 3.14. The topological polar surface area (TPSA) is 46.1 Å². The van der Waals surface area contributed by atoms with Crippen molar-refractivity contribution in [3.05, 3.63) is 65.4 Å². The molecule has 0 saturated carbocycles. The van der Waals surface area contributed by atoms with E-state index in [4.69, 9.17) is 0 Å². The molecule has 4 nitrogen and oxygen atoms in total. The van der Waals surface area contributed by atoms with Gasteiger partial charge in [0.25, 0.3) is 0 Å². The van der Waals surface area contributed by atoms with Gasteiger partial charge >= 0.3 is 0 Å². The highest BCUT2D eigenvalue weighted by Gasteiger charge is 2.20. The molecular formula is C20H19N3OS. The number of benzene rings is 2. The molecule has 0 saturated heterocycles. The van der Waals surface area contributed by atoms with Crippen molar-refractivity contribution >= 4 is 28.7 Å². The van der Waals surface area contributed by atoms with Gasteiger partial charge in [0, 0.05) is 13.1 Å². The molecule has 3 aromatic rings. The van der Waals surface area contributed by atoms with Crippen LogP contribution in [-0.2, 0) is 17.8 Å². The maximum absolute atomic E-state index is 12.6. The first-order chi connectivity index (χ1) is 12.2. The molecular weight excluding hydrogens is 330 g/mol. The first-order valence-corrected chi connectivity index (χ1v) is 9.40. The van der Waals surface area contributed by atoms with Crippen LogP contribution in [0.15, 0.2) is 53.6 Å². The average molecular weight is 349 g/mol. The highest BCUT2D eigenvalue weighted by molar-refractivity contribution is 7.99. The van der Waals surface area contributed by atoms with Gasteiger partial charge in [-0.25, -0.2) is 9.97 Å². The third kappa shape index (κ3) is 3.37. The fourth-order valence-corrected chi connectivity index (χ4v) is 4.00. The van der Waals surface area contributed by atoms with Crippen LogP contribution < -0.4 is 0 Å². The molecule has 4 rings (SSSR count). The average Bonchev–Trinajstić information content (AvgIpc) is 2.65. The maximum Gasteiger partial charge on any atom is 0.233 e. The van der Waals surface area contributed by atoms with E-state index in [9.17, 15) is 4.79 Å². The number of thioether (sulfide) groups is 1. The molecule has 25 heavy (non-hydrogen) atoms. The monoisotopic (exact) mass is 349 g/mol. The number of carbonyl (C=O) groups excluding carboxylic acids is 1. The van der Waals surface area contributed by atoms with Crippen molar-refractivity contribution in [2.45, 2.75) is 24.9 Å². The van der Waals surface area contributed by atoms with Crippen LogP contribution in [-0.4, -0.2) is 33.1 Å². The van der Waals surface area contributed by atoms with E-state index in [2.05, 4.69) is 28.2 Å². The predicted octanol–water partition coefficient (Wildman–Crippen LogP) is 3.62. The Morgan fingerprint density at radius 2 is 1.72 bits per heavy atom. The Balaban J connectivity index is 1.45. The number of carbonyl (C=O) groups is 1. The van der Waals surface area contributed by atoms with E-state index >= 15 is 0 Å². The lowest BCUT2D eigenvalue weighted by Gasteiger charge is -2.28. The van der Waals surface area contributed by atoms with Crippen LogP contribution in [0.5, 0.6) is 0 Å².